The summed E-state index contributed by atoms with van der Waals surface area (Å²) in [5.41, 5.74) is 1.97. The molecule has 0 unspecified atom stereocenters. The van der Waals surface area contributed by atoms with Gasteiger partial charge in [0.05, 0.1) is 5.56 Å². The van der Waals surface area contributed by atoms with Crippen LogP contribution in [0.2, 0.25) is 0 Å². The molecule has 0 amide bonds. The molecule has 0 aromatic heterocycles. The molecule has 2 aromatic rings. The Morgan fingerprint density at radius 1 is 1.23 bits per heavy atom. The van der Waals surface area contributed by atoms with E-state index in [4.69, 9.17) is 16.3 Å². The molecule has 0 radical (unpaired) electrons. The topological polar surface area (TPSA) is 26.3 Å². The molecule has 0 N–H and O–H groups in total. The monoisotopic (exact) mass is 320 g/mol. The van der Waals surface area contributed by atoms with E-state index in [-0.39, 0.29) is 18.2 Å². The van der Waals surface area contributed by atoms with Crippen molar-refractivity contribution in [2.45, 2.75) is 26.4 Å². The number of ketones is 1. The third kappa shape index (κ3) is 4.31. The summed E-state index contributed by atoms with van der Waals surface area (Å²) in [6.07, 6.45) is 1.00. The van der Waals surface area contributed by atoms with Crippen LogP contribution >= 0.6 is 11.6 Å². The van der Waals surface area contributed by atoms with Crippen molar-refractivity contribution >= 4 is 17.4 Å². The van der Waals surface area contributed by atoms with Gasteiger partial charge < -0.3 is 4.74 Å². The van der Waals surface area contributed by atoms with Crippen LogP contribution in [-0.4, -0.2) is 11.7 Å². The van der Waals surface area contributed by atoms with Crippen LogP contribution in [0, 0.1) is 12.7 Å². The van der Waals surface area contributed by atoms with E-state index >= 15 is 0 Å². The number of ether oxygens (including phenoxy) is 1. The van der Waals surface area contributed by atoms with E-state index in [0.29, 0.717) is 35.6 Å². The van der Waals surface area contributed by atoms with Crippen LogP contribution in [0.3, 0.4) is 0 Å². The van der Waals surface area contributed by atoms with Crippen LogP contribution < -0.4 is 4.74 Å². The molecular formula is C18H18ClFO2. The highest BCUT2D eigenvalue weighted by atomic mass is 35.5. The molecule has 0 saturated carbocycles. The first-order valence-corrected chi connectivity index (χ1v) is 7.71. The standard InChI is InChI=1S/C18H18ClFO2/c1-13-8-9-18(15(11-13)17(21)7-4-10-19)22-12-14-5-2-3-6-16(14)20/h2-3,5-6,8-9,11H,4,7,10,12H2,1H3. The molecule has 22 heavy (non-hydrogen) atoms. The van der Waals surface area contributed by atoms with Gasteiger partial charge in [-0.2, -0.15) is 0 Å². The molecule has 4 heteroatoms. The van der Waals surface area contributed by atoms with Gasteiger partial charge >= 0.3 is 0 Å². The number of aryl methyl sites for hydroxylation is 1. The number of rotatable bonds is 7. The van der Waals surface area contributed by atoms with Crippen molar-refractivity contribution in [3.05, 3.63) is 65.0 Å². The summed E-state index contributed by atoms with van der Waals surface area (Å²) < 4.78 is 19.3. The fourth-order valence-electron chi connectivity index (χ4n) is 2.12. The molecule has 2 nitrogen and oxygen atoms in total. The number of alkyl halides is 1. The molecule has 0 saturated heterocycles. The second-order valence-electron chi connectivity index (χ2n) is 5.10. The Hall–Kier alpha value is -1.87. The van der Waals surface area contributed by atoms with Gasteiger partial charge in [-0.1, -0.05) is 29.8 Å². The molecule has 0 atom stereocenters. The smallest absolute Gasteiger partial charge is 0.166 e. The third-order valence-electron chi connectivity index (χ3n) is 3.31. The van der Waals surface area contributed by atoms with E-state index in [0.717, 1.165) is 5.56 Å². The van der Waals surface area contributed by atoms with Crippen molar-refractivity contribution in [2.24, 2.45) is 0 Å². The summed E-state index contributed by atoms with van der Waals surface area (Å²) in [6.45, 7) is 2.00. The second-order valence-corrected chi connectivity index (χ2v) is 5.47. The van der Waals surface area contributed by atoms with Gasteiger partial charge in [0, 0.05) is 17.9 Å². The van der Waals surface area contributed by atoms with Crippen molar-refractivity contribution < 1.29 is 13.9 Å². The lowest BCUT2D eigenvalue weighted by molar-refractivity contribution is 0.0977. The van der Waals surface area contributed by atoms with E-state index in [9.17, 15) is 9.18 Å². The Morgan fingerprint density at radius 2 is 2.00 bits per heavy atom. The van der Waals surface area contributed by atoms with E-state index in [1.807, 2.05) is 13.0 Å². The fourth-order valence-corrected chi connectivity index (χ4v) is 2.25. The minimum atomic E-state index is -0.315. The van der Waals surface area contributed by atoms with Crippen LogP contribution in [0.5, 0.6) is 5.75 Å². The van der Waals surface area contributed by atoms with Gasteiger partial charge in [0.2, 0.25) is 0 Å². The van der Waals surface area contributed by atoms with Gasteiger partial charge in [-0.05, 0) is 31.5 Å². The summed E-state index contributed by atoms with van der Waals surface area (Å²) in [6, 6.07) is 11.9. The average molecular weight is 321 g/mol. The first kappa shape index (κ1) is 16.5. The molecule has 2 aromatic carbocycles. The number of carbonyl (C=O) groups excluding carboxylic acids is 1. The van der Waals surface area contributed by atoms with Gasteiger partial charge in [-0.3, -0.25) is 4.79 Å². The predicted octanol–water partition coefficient (Wildman–Crippen LogP) is 4.91. The zero-order valence-corrected chi connectivity index (χ0v) is 13.2. The fraction of sp³-hybridized carbons (Fsp3) is 0.278. The first-order chi connectivity index (χ1) is 10.6. The summed E-state index contributed by atoms with van der Waals surface area (Å²) in [5.74, 6) is 0.606. The normalized spacial score (nSPS) is 10.5. The van der Waals surface area contributed by atoms with Crippen molar-refractivity contribution in [3.8, 4) is 5.75 Å². The van der Waals surface area contributed by atoms with Crippen LogP contribution in [0.25, 0.3) is 0 Å². The Kier molecular flexibility index (Phi) is 5.96. The second kappa shape index (κ2) is 7.95. The van der Waals surface area contributed by atoms with Gasteiger partial charge in [-0.15, -0.1) is 11.6 Å². The largest absolute Gasteiger partial charge is 0.488 e. The third-order valence-corrected chi connectivity index (χ3v) is 3.58. The number of Topliss-reactive ketones (excluding diaryl/α,β-unsaturated/α-hetero) is 1. The van der Waals surface area contributed by atoms with Gasteiger partial charge in [0.25, 0.3) is 0 Å². The van der Waals surface area contributed by atoms with E-state index in [1.165, 1.54) is 6.07 Å². The molecule has 0 aliphatic heterocycles. The van der Waals surface area contributed by atoms with Crippen molar-refractivity contribution in [1.29, 1.82) is 0 Å². The van der Waals surface area contributed by atoms with Crippen molar-refractivity contribution in [1.82, 2.24) is 0 Å². The van der Waals surface area contributed by atoms with E-state index in [2.05, 4.69) is 0 Å². The SMILES string of the molecule is Cc1ccc(OCc2ccccc2F)c(C(=O)CCCCl)c1. The van der Waals surface area contributed by atoms with Crippen LogP contribution in [0.1, 0.15) is 34.3 Å². The lowest BCUT2D eigenvalue weighted by atomic mass is 10.0. The van der Waals surface area contributed by atoms with Crippen LogP contribution in [-0.2, 0) is 6.61 Å². The highest BCUT2D eigenvalue weighted by Crippen LogP contribution is 2.24. The zero-order chi connectivity index (χ0) is 15.9. The van der Waals surface area contributed by atoms with E-state index < -0.39 is 0 Å². The highest BCUT2D eigenvalue weighted by Gasteiger charge is 2.13. The van der Waals surface area contributed by atoms with Crippen molar-refractivity contribution in [3.63, 3.8) is 0 Å². The van der Waals surface area contributed by atoms with Gasteiger partial charge in [0.15, 0.2) is 5.78 Å². The minimum Gasteiger partial charge on any atom is -0.488 e. The number of hydrogen-bond acceptors (Lipinski definition) is 2. The van der Waals surface area contributed by atoms with Gasteiger partial charge in [0.1, 0.15) is 18.2 Å². The maximum atomic E-state index is 13.6. The molecule has 2 rings (SSSR count). The molecule has 0 spiro atoms. The minimum absolute atomic E-state index is 0.00659. The highest BCUT2D eigenvalue weighted by molar-refractivity contribution is 6.18. The molecule has 0 bridgehead atoms. The molecule has 0 heterocycles. The molecule has 0 aliphatic carbocycles. The maximum Gasteiger partial charge on any atom is 0.166 e. The number of benzene rings is 2. The summed E-state index contributed by atoms with van der Waals surface area (Å²) in [4.78, 5) is 12.2. The number of carbonyl (C=O) groups is 1. The summed E-state index contributed by atoms with van der Waals surface area (Å²) >= 11 is 5.64. The van der Waals surface area contributed by atoms with E-state index in [1.54, 1.807) is 30.3 Å². The number of halogens is 2. The maximum absolute atomic E-state index is 13.6. The Bertz CT molecular complexity index is 655. The lowest BCUT2D eigenvalue weighted by Crippen LogP contribution is -2.06. The zero-order valence-electron chi connectivity index (χ0n) is 12.4. The molecular weight excluding hydrogens is 303 g/mol. The number of hydrogen-bond donors (Lipinski definition) is 0. The molecule has 0 fully saturated rings. The summed E-state index contributed by atoms with van der Waals surface area (Å²) in [5, 5.41) is 0. The first-order valence-electron chi connectivity index (χ1n) is 7.18. The average Bonchev–Trinajstić information content (AvgIpc) is 2.52. The van der Waals surface area contributed by atoms with Crippen LogP contribution in [0.4, 0.5) is 4.39 Å². The summed E-state index contributed by atoms with van der Waals surface area (Å²) in [7, 11) is 0. The Balaban J connectivity index is 2.16. The van der Waals surface area contributed by atoms with Crippen molar-refractivity contribution in [2.75, 3.05) is 5.88 Å². The predicted molar refractivity (Wildman–Crippen MR) is 86.2 cm³/mol. The van der Waals surface area contributed by atoms with Gasteiger partial charge in [-0.25, -0.2) is 4.39 Å². The van der Waals surface area contributed by atoms with Crippen LogP contribution in [0.15, 0.2) is 42.5 Å². The quantitative estimate of drug-likeness (QED) is 0.535. The Morgan fingerprint density at radius 3 is 2.73 bits per heavy atom. The Labute approximate surface area is 134 Å². The molecule has 0 aliphatic rings. The molecule has 116 valence electrons. The lowest BCUT2D eigenvalue weighted by Gasteiger charge is -2.12.